The number of nitrogens with two attached hydrogens (primary N) is 1. The fourth-order valence-corrected chi connectivity index (χ4v) is 2.21. The molecule has 1 aromatic rings. The van der Waals surface area contributed by atoms with E-state index in [-0.39, 0.29) is 6.73 Å². The molecule has 1 aromatic carbocycles. The summed E-state index contributed by atoms with van der Waals surface area (Å²) in [5.74, 6) is -0.594. The Bertz CT molecular complexity index is 536. The number of likely N-dealkylation sites (tertiary alicyclic amines) is 1. The first-order chi connectivity index (χ1) is 10.1. The monoisotopic (exact) mass is 295 g/mol. The molecule has 5 N–H and O–H groups in total. The number of benzene rings is 1. The highest BCUT2D eigenvalue weighted by molar-refractivity contribution is 5.94. The van der Waals surface area contributed by atoms with E-state index in [4.69, 9.17) is 20.7 Å². The predicted octanol–water partition coefficient (Wildman–Crippen LogP) is -1.77. The quantitative estimate of drug-likeness (QED) is 0.460. The maximum Gasteiger partial charge on any atom is 0.253 e. The molecule has 1 fully saturated rings. The standard InChI is InChI=1S/C13H17N3O5/c14-12(19)11-10(5-16(11)7-18)21-9-3-1-2-8(4-9)13(20)15-6-17/h1-4,10-11,17-18H,5-7H2,(H2,14,19)(H,15,20). The number of aliphatic hydroxyl groups excluding tert-OH is 2. The molecule has 0 radical (unpaired) electrons. The van der Waals surface area contributed by atoms with Gasteiger partial charge in [0.2, 0.25) is 5.91 Å². The van der Waals surface area contributed by atoms with Gasteiger partial charge in [-0.3, -0.25) is 14.5 Å². The van der Waals surface area contributed by atoms with Crippen molar-refractivity contribution in [3.05, 3.63) is 29.8 Å². The molecular formula is C13H17N3O5. The zero-order valence-corrected chi connectivity index (χ0v) is 11.2. The highest BCUT2D eigenvalue weighted by Gasteiger charge is 2.44. The van der Waals surface area contributed by atoms with Gasteiger partial charge in [-0.25, -0.2) is 0 Å². The third kappa shape index (κ3) is 3.30. The van der Waals surface area contributed by atoms with Gasteiger partial charge in [0.1, 0.15) is 24.6 Å². The molecular weight excluding hydrogens is 278 g/mol. The van der Waals surface area contributed by atoms with Crippen molar-refractivity contribution in [2.75, 3.05) is 20.0 Å². The van der Waals surface area contributed by atoms with Crippen LogP contribution in [0.1, 0.15) is 10.4 Å². The molecule has 114 valence electrons. The number of amides is 2. The number of primary amides is 1. The molecule has 1 aliphatic rings. The minimum Gasteiger partial charge on any atom is -0.487 e. The Balaban J connectivity index is 2.05. The second-order valence-electron chi connectivity index (χ2n) is 4.61. The van der Waals surface area contributed by atoms with Crippen LogP contribution < -0.4 is 15.8 Å². The number of aliphatic hydroxyl groups is 2. The van der Waals surface area contributed by atoms with E-state index in [0.29, 0.717) is 17.9 Å². The van der Waals surface area contributed by atoms with Crippen LogP contribution in [0.15, 0.2) is 24.3 Å². The van der Waals surface area contributed by atoms with E-state index in [1.807, 2.05) is 0 Å². The van der Waals surface area contributed by atoms with Gasteiger partial charge in [-0.2, -0.15) is 0 Å². The van der Waals surface area contributed by atoms with Gasteiger partial charge in [-0.1, -0.05) is 6.07 Å². The van der Waals surface area contributed by atoms with Crippen molar-refractivity contribution in [3.8, 4) is 5.75 Å². The zero-order chi connectivity index (χ0) is 15.4. The summed E-state index contributed by atoms with van der Waals surface area (Å²) in [6, 6.07) is 5.66. The maximum absolute atomic E-state index is 11.6. The Hall–Kier alpha value is -2.16. The van der Waals surface area contributed by atoms with Crippen LogP contribution in [0.25, 0.3) is 0 Å². The first-order valence-electron chi connectivity index (χ1n) is 6.37. The van der Waals surface area contributed by atoms with Crippen LogP contribution >= 0.6 is 0 Å². The van der Waals surface area contributed by atoms with Crippen molar-refractivity contribution in [2.24, 2.45) is 5.73 Å². The molecule has 8 heteroatoms. The summed E-state index contributed by atoms with van der Waals surface area (Å²) in [5.41, 5.74) is 5.59. The summed E-state index contributed by atoms with van der Waals surface area (Å²) in [7, 11) is 0. The van der Waals surface area contributed by atoms with E-state index in [1.54, 1.807) is 18.2 Å². The fraction of sp³-hybridized carbons (Fsp3) is 0.385. The van der Waals surface area contributed by atoms with Crippen molar-refractivity contribution in [1.82, 2.24) is 10.2 Å². The minimum absolute atomic E-state index is 0.271. The second kappa shape index (κ2) is 6.53. The summed E-state index contributed by atoms with van der Waals surface area (Å²) < 4.78 is 5.63. The van der Waals surface area contributed by atoms with Crippen molar-refractivity contribution < 1.29 is 24.5 Å². The lowest BCUT2D eigenvalue weighted by Crippen LogP contribution is -2.67. The zero-order valence-electron chi connectivity index (χ0n) is 11.2. The number of ether oxygens (including phenoxy) is 1. The first-order valence-corrected chi connectivity index (χ1v) is 6.37. The average Bonchev–Trinajstić information content (AvgIpc) is 2.42. The highest BCUT2D eigenvalue weighted by atomic mass is 16.5. The van der Waals surface area contributed by atoms with Gasteiger partial charge in [0.15, 0.2) is 0 Å². The third-order valence-electron chi connectivity index (χ3n) is 3.26. The van der Waals surface area contributed by atoms with Crippen LogP contribution in [0.2, 0.25) is 0 Å². The van der Waals surface area contributed by atoms with Gasteiger partial charge in [0.05, 0.1) is 6.73 Å². The normalized spacial score (nSPS) is 21.4. The molecule has 0 bridgehead atoms. The third-order valence-corrected chi connectivity index (χ3v) is 3.26. The molecule has 1 aliphatic heterocycles. The molecule has 1 saturated heterocycles. The van der Waals surface area contributed by atoms with E-state index in [1.165, 1.54) is 11.0 Å². The van der Waals surface area contributed by atoms with E-state index >= 15 is 0 Å². The summed E-state index contributed by atoms with van der Waals surface area (Å²) in [5, 5.41) is 20.0. The van der Waals surface area contributed by atoms with E-state index < -0.39 is 30.7 Å². The molecule has 8 nitrogen and oxygen atoms in total. The molecule has 21 heavy (non-hydrogen) atoms. The largest absolute Gasteiger partial charge is 0.487 e. The summed E-state index contributed by atoms with van der Waals surface area (Å²) in [6.45, 7) is -0.356. The first kappa shape index (κ1) is 15.2. The van der Waals surface area contributed by atoms with Crippen LogP contribution in [-0.4, -0.2) is 59.1 Å². The molecule has 2 unspecified atom stereocenters. The molecule has 0 spiro atoms. The highest BCUT2D eigenvalue weighted by Crippen LogP contribution is 2.24. The molecule has 2 atom stereocenters. The van der Waals surface area contributed by atoms with E-state index in [2.05, 4.69) is 5.32 Å². The molecule has 0 aliphatic carbocycles. The van der Waals surface area contributed by atoms with Crippen molar-refractivity contribution >= 4 is 11.8 Å². The van der Waals surface area contributed by atoms with Crippen molar-refractivity contribution in [2.45, 2.75) is 12.1 Å². The Morgan fingerprint density at radius 1 is 1.43 bits per heavy atom. The lowest BCUT2D eigenvalue weighted by atomic mass is 9.99. The van der Waals surface area contributed by atoms with Crippen LogP contribution in [0.5, 0.6) is 5.75 Å². The molecule has 2 rings (SSSR count). The average molecular weight is 295 g/mol. The minimum atomic E-state index is -0.690. The number of rotatable bonds is 6. The number of nitrogens with zero attached hydrogens (tertiary/aromatic N) is 1. The number of hydrogen-bond acceptors (Lipinski definition) is 6. The number of nitrogens with one attached hydrogen (secondary N) is 1. The summed E-state index contributed by atoms with van der Waals surface area (Å²) in [4.78, 5) is 24.4. The Labute approximate surface area is 121 Å². The fourth-order valence-electron chi connectivity index (χ4n) is 2.21. The van der Waals surface area contributed by atoms with Crippen LogP contribution in [0.4, 0.5) is 0 Å². The molecule has 2 amide bonds. The van der Waals surface area contributed by atoms with Crippen molar-refractivity contribution in [1.29, 1.82) is 0 Å². The van der Waals surface area contributed by atoms with Gasteiger partial charge in [0.25, 0.3) is 5.91 Å². The van der Waals surface area contributed by atoms with Gasteiger partial charge < -0.3 is 26.0 Å². The Kier molecular flexibility index (Phi) is 4.73. The maximum atomic E-state index is 11.6. The van der Waals surface area contributed by atoms with Gasteiger partial charge in [-0.15, -0.1) is 0 Å². The summed E-state index contributed by atoms with van der Waals surface area (Å²) >= 11 is 0. The lowest BCUT2D eigenvalue weighted by Gasteiger charge is -2.44. The predicted molar refractivity (Wildman–Crippen MR) is 72.2 cm³/mol. The smallest absolute Gasteiger partial charge is 0.253 e. The number of hydrogen-bond donors (Lipinski definition) is 4. The van der Waals surface area contributed by atoms with Crippen LogP contribution in [0.3, 0.4) is 0 Å². The SMILES string of the molecule is NC(=O)C1C(Oc2cccc(C(=O)NCO)c2)CN1CO. The molecule has 1 heterocycles. The number of carbonyl (C=O) groups excluding carboxylic acids is 2. The van der Waals surface area contributed by atoms with Gasteiger partial charge >= 0.3 is 0 Å². The Morgan fingerprint density at radius 2 is 2.19 bits per heavy atom. The van der Waals surface area contributed by atoms with E-state index in [0.717, 1.165) is 0 Å². The number of carbonyl (C=O) groups is 2. The van der Waals surface area contributed by atoms with E-state index in [9.17, 15) is 9.59 Å². The van der Waals surface area contributed by atoms with Crippen LogP contribution in [0, 0.1) is 0 Å². The van der Waals surface area contributed by atoms with Crippen molar-refractivity contribution in [3.63, 3.8) is 0 Å². The molecule has 0 saturated carbocycles. The lowest BCUT2D eigenvalue weighted by molar-refractivity contribution is -0.143. The molecule has 0 aromatic heterocycles. The Morgan fingerprint density at radius 3 is 2.81 bits per heavy atom. The summed E-state index contributed by atoms with van der Waals surface area (Å²) in [6.07, 6.45) is -0.467. The second-order valence-corrected chi connectivity index (χ2v) is 4.61. The van der Waals surface area contributed by atoms with Gasteiger partial charge in [0, 0.05) is 12.1 Å². The topological polar surface area (TPSA) is 125 Å². The van der Waals surface area contributed by atoms with Gasteiger partial charge in [-0.05, 0) is 18.2 Å². The van der Waals surface area contributed by atoms with Crippen LogP contribution in [-0.2, 0) is 4.79 Å².